The van der Waals surface area contributed by atoms with Crippen molar-refractivity contribution in [2.24, 2.45) is 0 Å². The Morgan fingerprint density at radius 1 is 1.37 bits per heavy atom. The van der Waals surface area contributed by atoms with Gasteiger partial charge in [0, 0.05) is 21.1 Å². The van der Waals surface area contributed by atoms with Crippen LogP contribution in [0, 0.1) is 6.57 Å². The summed E-state index contributed by atoms with van der Waals surface area (Å²) >= 11 is 0. The molecule has 9 heteroatoms. The largest absolute Gasteiger partial charge is 0.412 e. The summed E-state index contributed by atoms with van der Waals surface area (Å²) < 4.78 is 9.60. The molecule has 0 saturated carbocycles. The second-order valence-corrected chi connectivity index (χ2v) is 3.36. The van der Waals surface area contributed by atoms with Gasteiger partial charge in [-0.1, -0.05) is 0 Å². The first-order valence-electron chi connectivity index (χ1n) is 5.23. The highest BCUT2D eigenvalue weighted by molar-refractivity contribution is 5.79. The third kappa shape index (κ3) is 6.85. The first-order valence-corrected chi connectivity index (χ1v) is 5.23. The van der Waals surface area contributed by atoms with Gasteiger partial charge in [0.1, 0.15) is 0 Å². The average Bonchev–Trinajstić information content (AvgIpc) is 2.34. The minimum absolute atomic E-state index is 0.107. The number of alkyl carbamates (subject to hydrolysis) is 1. The van der Waals surface area contributed by atoms with Gasteiger partial charge in [-0.3, -0.25) is 14.5 Å². The molecule has 0 bridgehead atoms. The SMILES string of the molecule is [C-]#[N+]CC(=O)N(C)C(OC)OC(=O)NCNC(C)=O. The second kappa shape index (κ2) is 8.71. The predicted octanol–water partition coefficient (Wildman–Crippen LogP) is -0.886. The molecule has 0 radical (unpaired) electrons. The third-order valence-electron chi connectivity index (χ3n) is 1.90. The molecule has 0 aromatic rings. The van der Waals surface area contributed by atoms with E-state index < -0.39 is 18.4 Å². The van der Waals surface area contributed by atoms with E-state index in [1.54, 1.807) is 0 Å². The Hall–Kier alpha value is -2.34. The van der Waals surface area contributed by atoms with Gasteiger partial charge in [-0.15, -0.1) is 0 Å². The number of nitrogens with one attached hydrogen (secondary N) is 2. The Bertz CT molecular complexity index is 379. The molecule has 0 fully saturated rings. The Kier molecular flexibility index (Phi) is 7.64. The van der Waals surface area contributed by atoms with Gasteiger partial charge in [-0.05, 0) is 0 Å². The lowest BCUT2D eigenvalue weighted by Crippen LogP contribution is -2.45. The smallest absolute Gasteiger partial charge is 0.400 e. The van der Waals surface area contributed by atoms with Crippen LogP contribution >= 0.6 is 0 Å². The van der Waals surface area contributed by atoms with Crippen LogP contribution in [0.3, 0.4) is 0 Å². The summed E-state index contributed by atoms with van der Waals surface area (Å²) in [4.78, 5) is 37.2. The zero-order chi connectivity index (χ0) is 14.8. The van der Waals surface area contributed by atoms with Crippen LogP contribution in [-0.4, -0.2) is 56.6 Å². The first-order chi connectivity index (χ1) is 8.92. The summed E-state index contributed by atoms with van der Waals surface area (Å²) in [5.74, 6) is -0.857. The van der Waals surface area contributed by atoms with Crippen molar-refractivity contribution in [3.05, 3.63) is 11.4 Å². The molecule has 3 amide bonds. The normalized spacial score (nSPS) is 10.8. The maximum Gasteiger partial charge on any atom is 0.412 e. The van der Waals surface area contributed by atoms with Gasteiger partial charge in [0.05, 0.1) is 6.67 Å². The maximum atomic E-state index is 11.4. The fourth-order valence-electron chi connectivity index (χ4n) is 0.956. The Labute approximate surface area is 110 Å². The van der Waals surface area contributed by atoms with Crippen LogP contribution in [0.1, 0.15) is 6.92 Å². The first kappa shape index (κ1) is 16.7. The van der Waals surface area contributed by atoms with Crippen molar-refractivity contribution in [1.82, 2.24) is 15.5 Å². The van der Waals surface area contributed by atoms with E-state index in [4.69, 9.17) is 16.0 Å². The molecule has 19 heavy (non-hydrogen) atoms. The standard InChI is InChI=1S/C10H16N4O5/c1-7(15)12-6-13-9(17)19-10(18-4)14(3)8(16)5-11-2/h10H,5-6H2,1,3-4H3,(H,12,15)(H,13,17). The quantitative estimate of drug-likeness (QED) is 0.482. The monoisotopic (exact) mass is 272 g/mol. The van der Waals surface area contributed by atoms with Gasteiger partial charge in [0.15, 0.2) is 0 Å². The topological polar surface area (TPSA) is 101 Å². The van der Waals surface area contributed by atoms with Crippen LogP contribution in [0.25, 0.3) is 4.85 Å². The van der Waals surface area contributed by atoms with Crippen LogP contribution in [-0.2, 0) is 19.1 Å². The summed E-state index contributed by atoms with van der Waals surface area (Å²) in [6, 6.07) is 0. The van der Waals surface area contributed by atoms with Gasteiger partial charge in [0.25, 0.3) is 13.0 Å². The van der Waals surface area contributed by atoms with Crippen molar-refractivity contribution in [1.29, 1.82) is 0 Å². The molecule has 0 spiro atoms. The highest BCUT2D eigenvalue weighted by Crippen LogP contribution is 2.01. The highest BCUT2D eigenvalue weighted by Gasteiger charge is 2.24. The van der Waals surface area contributed by atoms with Crippen molar-refractivity contribution < 1.29 is 23.9 Å². The van der Waals surface area contributed by atoms with E-state index in [-0.39, 0.29) is 19.1 Å². The Balaban J connectivity index is 4.24. The minimum Gasteiger partial charge on any atom is -0.400 e. The molecular formula is C10H16N4O5. The molecule has 1 atom stereocenters. The van der Waals surface area contributed by atoms with Gasteiger partial charge in [0.2, 0.25) is 5.91 Å². The summed E-state index contributed by atoms with van der Waals surface area (Å²) in [5, 5.41) is 4.56. The summed E-state index contributed by atoms with van der Waals surface area (Å²) in [6.07, 6.45) is -2.12. The van der Waals surface area contributed by atoms with E-state index in [0.29, 0.717) is 0 Å². The number of carbonyl (C=O) groups excluding carboxylic acids is 3. The molecule has 0 aliphatic heterocycles. The number of likely N-dealkylation sites (N-methyl/N-ethyl adjacent to an activating group) is 1. The Morgan fingerprint density at radius 3 is 2.47 bits per heavy atom. The number of methoxy groups -OCH3 is 1. The van der Waals surface area contributed by atoms with Crippen molar-refractivity contribution in [2.75, 3.05) is 27.4 Å². The molecule has 0 aromatic heterocycles. The average molecular weight is 272 g/mol. The lowest BCUT2D eigenvalue weighted by atomic mass is 10.5. The van der Waals surface area contributed by atoms with E-state index in [0.717, 1.165) is 4.90 Å². The molecule has 106 valence electrons. The lowest BCUT2D eigenvalue weighted by molar-refractivity contribution is -0.180. The van der Waals surface area contributed by atoms with Gasteiger partial charge < -0.3 is 25.0 Å². The molecule has 0 aliphatic rings. The zero-order valence-corrected chi connectivity index (χ0v) is 10.9. The Morgan fingerprint density at radius 2 is 2.00 bits per heavy atom. The third-order valence-corrected chi connectivity index (χ3v) is 1.90. The van der Waals surface area contributed by atoms with Crippen LogP contribution in [0.15, 0.2) is 0 Å². The van der Waals surface area contributed by atoms with E-state index in [1.165, 1.54) is 21.1 Å². The van der Waals surface area contributed by atoms with E-state index in [2.05, 4.69) is 15.5 Å². The maximum absolute atomic E-state index is 11.4. The van der Waals surface area contributed by atoms with E-state index in [9.17, 15) is 14.4 Å². The van der Waals surface area contributed by atoms with Crippen LogP contribution < -0.4 is 10.6 Å². The zero-order valence-electron chi connectivity index (χ0n) is 10.9. The number of hydrogen-bond donors (Lipinski definition) is 2. The van der Waals surface area contributed by atoms with Gasteiger partial charge in [-0.25, -0.2) is 11.4 Å². The summed E-state index contributed by atoms with van der Waals surface area (Å²) in [7, 11) is 2.58. The molecule has 9 nitrogen and oxygen atoms in total. The highest BCUT2D eigenvalue weighted by atomic mass is 16.7. The molecule has 1 unspecified atom stereocenters. The molecule has 0 aliphatic carbocycles. The molecule has 0 saturated heterocycles. The molecule has 0 rings (SSSR count). The minimum atomic E-state index is -1.24. The van der Waals surface area contributed by atoms with E-state index in [1.807, 2.05) is 0 Å². The number of amides is 3. The molecule has 0 heterocycles. The number of nitrogens with zero attached hydrogens (tertiary/aromatic N) is 2. The van der Waals surface area contributed by atoms with Gasteiger partial charge >= 0.3 is 12.0 Å². The van der Waals surface area contributed by atoms with E-state index >= 15 is 0 Å². The van der Waals surface area contributed by atoms with Crippen molar-refractivity contribution in [3.8, 4) is 0 Å². The molecule has 2 N–H and O–H groups in total. The van der Waals surface area contributed by atoms with Gasteiger partial charge in [-0.2, -0.15) is 0 Å². The van der Waals surface area contributed by atoms with Crippen molar-refractivity contribution in [2.45, 2.75) is 13.3 Å². The lowest BCUT2D eigenvalue weighted by Gasteiger charge is -2.24. The fraction of sp³-hybridized carbons (Fsp3) is 0.600. The van der Waals surface area contributed by atoms with Crippen LogP contribution in [0.4, 0.5) is 4.79 Å². The number of carbonyl (C=O) groups is 3. The summed E-state index contributed by atoms with van der Waals surface area (Å²) in [6.45, 7) is 7.39. The fourth-order valence-corrected chi connectivity index (χ4v) is 0.956. The van der Waals surface area contributed by atoms with Crippen molar-refractivity contribution >= 4 is 17.9 Å². The molecule has 0 aromatic carbocycles. The van der Waals surface area contributed by atoms with Crippen LogP contribution in [0.2, 0.25) is 0 Å². The van der Waals surface area contributed by atoms with Crippen LogP contribution in [0.5, 0.6) is 0 Å². The number of ether oxygens (including phenoxy) is 2. The number of hydrogen-bond acceptors (Lipinski definition) is 5. The second-order valence-electron chi connectivity index (χ2n) is 3.36. The van der Waals surface area contributed by atoms with Crippen molar-refractivity contribution in [3.63, 3.8) is 0 Å². The number of rotatable bonds is 6. The summed E-state index contributed by atoms with van der Waals surface area (Å²) in [5.41, 5.74) is 0. The predicted molar refractivity (Wildman–Crippen MR) is 63.3 cm³/mol. The molecular weight excluding hydrogens is 256 g/mol.